The molecule has 2 atom stereocenters. The molecule has 5 saturated carbocycles. The maximum atomic E-state index is 13.2. The number of imidazole rings is 1. The van der Waals surface area contributed by atoms with E-state index >= 15 is 0 Å². The van der Waals surface area contributed by atoms with Gasteiger partial charge in [-0.2, -0.15) is 0 Å². The number of rotatable bonds is 5. The maximum absolute atomic E-state index is 13.2. The number of carbonyl (C=O) groups is 2. The fraction of sp³-hybridized carbons (Fsp3) is 0.531. The Kier molecular flexibility index (Phi) is 5.82. The third-order valence-electron chi connectivity index (χ3n) is 10.0. The lowest BCUT2D eigenvalue weighted by atomic mass is 9.53. The molecule has 1 heterocycles. The van der Waals surface area contributed by atoms with Crippen LogP contribution in [0.3, 0.4) is 0 Å². The molecule has 5 aliphatic rings. The van der Waals surface area contributed by atoms with Gasteiger partial charge in [-0.3, -0.25) is 9.59 Å². The molecule has 2 aromatic carbocycles. The molecule has 0 aliphatic heterocycles. The van der Waals surface area contributed by atoms with E-state index in [2.05, 4.69) is 22.5 Å². The van der Waals surface area contributed by atoms with Gasteiger partial charge in [-0.1, -0.05) is 31.9 Å². The summed E-state index contributed by atoms with van der Waals surface area (Å²) in [6.07, 6.45) is 12.2. The Morgan fingerprint density at radius 2 is 1.53 bits per heavy atom. The molecule has 0 radical (unpaired) electrons. The van der Waals surface area contributed by atoms with Crippen molar-refractivity contribution >= 4 is 22.8 Å². The molecule has 0 spiro atoms. The van der Waals surface area contributed by atoms with E-state index in [1.54, 1.807) is 0 Å². The van der Waals surface area contributed by atoms with Gasteiger partial charge in [0, 0.05) is 28.3 Å². The van der Waals surface area contributed by atoms with Gasteiger partial charge < -0.3 is 15.6 Å². The number of nitrogens with zero attached hydrogens (tertiary/aromatic N) is 1. The summed E-state index contributed by atoms with van der Waals surface area (Å²) >= 11 is 0. The number of amides is 2. The third-order valence-corrected chi connectivity index (χ3v) is 10.0. The summed E-state index contributed by atoms with van der Waals surface area (Å²) in [5, 5.41) is 6.71. The zero-order valence-corrected chi connectivity index (χ0v) is 22.3. The van der Waals surface area contributed by atoms with E-state index in [1.165, 1.54) is 38.5 Å². The minimum absolute atomic E-state index is 0.0161. The number of H-pyrrole nitrogens is 1. The van der Waals surface area contributed by atoms with E-state index < -0.39 is 0 Å². The van der Waals surface area contributed by atoms with Gasteiger partial charge >= 0.3 is 0 Å². The highest BCUT2D eigenvalue weighted by molar-refractivity contribution is 5.98. The number of fused-ring (bicyclic) bond motifs is 1. The summed E-state index contributed by atoms with van der Waals surface area (Å²) < 4.78 is 0. The number of nitrogens with one attached hydrogen (secondary N) is 3. The van der Waals surface area contributed by atoms with Gasteiger partial charge in [0.1, 0.15) is 5.82 Å². The van der Waals surface area contributed by atoms with Crippen LogP contribution in [0.2, 0.25) is 0 Å². The molecular formula is C32H38N4O2. The third kappa shape index (κ3) is 4.42. The fourth-order valence-corrected chi connectivity index (χ4v) is 8.43. The summed E-state index contributed by atoms with van der Waals surface area (Å²) in [5.74, 6) is 3.71. The van der Waals surface area contributed by atoms with E-state index in [0.717, 1.165) is 65.9 Å². The Balaban J connectivity index is 1.04. The molecule has 38 heavy (non-hydrogen) atoms. The number of hydrogen-bond acceptors (Lipinski definition) is 3. The Morgan fingerprint density at radius 3 is 2.21 bits per heavy atom. The molecule has 0 saturated heterocycles. The van der Waals surface area contributed by atoms with Crippen LogP contribution in [0.25, 0.3) is 22.4 Å². The Bertz CT molecular complexity index is 1340. The van der Waals surface area contributed by atoms with Crippen LogP contribution >= 0.6 is 0 Å². The fourth-order valence-electron chi connectivity index (χ4n) is 8.43. The first-order valence-electron chi connectivity index (χ1n) is 14.7. The molecule has 2 amide bonds. The van der Waals surface area contributed by atoms with Crippen molar-refractivity contribution in [2.24, 2.45) is 23.7 Å². The second-order valence-corrected chi connectivity index (χ2v) is 12.9. The quantitative estimate of drug-likeness (QED) is 0.380. The first-order valence-corrected chi connectivity index (χ1v) is 14.7. The van der Waals surface area contributed by atoms with Gasteiger partial charge in [-0.15, -0.1) is 0 Å². The van der Waals surface area contributed by atoms with E-state index in [-0.39, 0.29) is 23.4 Å². The smallest absolute Gasteiger partial charge is 0.251 e. The number of aromatic amines is 1. The number of hydrogen-bond donors (Lipinski definition) is 3. The molecule has 2 unspecified atom stereocenters. The van der Waals surface area contributed by atoms with Crippen LogP contribution in [-0.4, -0.2) is 33.4 Å². The van der Waals surface area contributed by atoms with Crippen molar-refractivity contribution < 1.29 is 9.59 Å². The summed E-state index contributed by atoms with van der Waals surface area (Å²) in [6, 6.07) is 13.6. The van der Waals surface area contributed by atoms with E-state index in [0.29, 0.717) is 17.0 Å². The van der Waals surface area contributed by atoms with Crippen molar-refractivity contribution in [3.63, 3.8) is 0 Å². The molecule has 5 aliphatic carbocycles. The second kappa shape index (κ2) is 9.25. The van der Waals surface area contributed by atoms with Crippen molar-refractivity contribution in [1.82, 2.24) is 20.6 Å². The molecule has 3 N–H and O–H groups in total. The molecule has 1 aromatic heterocycles. The van der Waals surface area contributed by atoms with Crippen LogP contribution in [-0.2, 0) is 0 Å². The zero-order valence-electron chi connectivity index (χ0n) is 22.3. The van der Waals surface area contributed by atoms with Crippen molar-refractivity contribution in [2.45, 2.75) is 82.7 Å². The number of benzene rings is 2. The number of aromatic nitrogens is 2. The lowest BCUT2D eigenvalue weighted by Crippen LogP contribution is -2.59. The predicted octanol–water partition coefficient (Wildman–Crippen LogP) is 6.24. The minimum Gasteiger partial charge on any atom is -0.349 e. The van der Waals surface area contributed by atoms with Crippen LogP contribution in [0.1, 0.15) is 91.8 Å². The van der Waals surface area contributed by atoms with Crippen LogP contribution < -0.4 is 10.6 Å². The summed E-state index contributed by atoms with van der Waals surface area (Å²) in [7, 11) is 0. The summed E-state index contributed by atoms with van der Waals surface area (Å²) in [5.41, 5.74) is 3.97. The van der Waals surface area contributed by atoms with Gasteiger partial charge in [-0.25, -0.2) is 4.98 Å². The lowest BCUT2D eigenvalue weighted by Gasteiger charge is -2.56. The highest BCUT2D eigenvalue weighted by atomic mass is 16.2. The molecule has 6 heteroatoms. The standard InChI is InChI=1S/C32H38N4O2/c1-19-4-2-3-5-26(19)35-30(37)25-10-11-27-28(15-25)34-29(33-27)23-6-8-24(9-7-23)31(38)36-32-16-20-12-21(17-32)14-22(13-20)18-32/h6-11,15,19-22,26H,2-5,12-14,16-18H2,1H3,(H,33,34)(H,35,37)(H,36,38). The van der Waals surface area contributed by atoms with Crippen LogP contribution in [0.4, 0.5) is 0 Å². The molecule has 6 nitrogen and oxygen atoms in total. The first kappa shape index (κ1) is 23.9. The number of carbonyl (C=O) groups excluding carboxylic acids is 2. The average Bonchev–Trinajstić information content (AvgIpc) is 3.32. The molecule has 5 fully saturated rings. The van der Waals surface area contributed by atoms with Gasteiger partial charge in [0.2, 0.25) is 0 Å². The Hall–Kier alpha value is -3.15. The SMILES string of the molecule is CC1CCCCC1NC(=O)c1ccc2nc(-c3ccc(C(=O)NC45CC6CC(CC(C6)C4)C5)cc3)[nH]c2c1. The zero-order chi connectivity index (χ0) is 25.9. The average molecular weight is 511 g/mol. The van der Waals surface area contributed by atoms with Gasteiger partial charge in [0.15, 0.2) is 0 Å². The second-order valence-electron chi connectivity index (χ2n) is 12.9. The van der Waals surface area contributed by atoms with Gasteiger partial charge in [0.25, 0.3) is 11.8 Å². The maximum Gasteiger partial charge on any atom is 0.251 e. The van der Waals surface area contributed by atoms with E-state index in [9.17, 15) is 9.59 Å². The Labute approximate surface area is 224 Å². The normalized spacial score (nSPS) is 31.9. The van der Waals surface area contributed by atoms with Crippen LogP contribution in [0.5, 0.6) is 0 Å². The van der Waals surface area contributed by atoms with Crippen LogP contribution in [0.15, 0.2) is 42.5 Å². The molecule has 198 valence electrons. The van der Waals surface area contributed by atoms with Crippen molar-refractivity contribution in [2.75, 3.05) is 0 Å². The molecule has 4 bridgehead atoms. The molecular weight excluding hydrogens is 472 g/mol. The van der Waals surface area contributed by atoms with Gasteiger partial charge in [-0.05, 0) is 105 Å². The summed E-state index contributed by atoms with van der Waals surface area (Å²) in [4.78, 5) is 34.3. The van der Waals surface area contributed by atoms with E-state index in [4.69, 9.17) is 4.98 Å². The molecule has 8 rings (SSSR count). The monoisotopic (exact) mass is 510 g/mol. The minimum atomic E-state index is -0.0174. The van der Waals surface area contributed by atoms with Crippen molar-refractivity contribution in [3.8, 4) is 11.4 Å². The largest absolute Gasteiger partial charge is 0.349 e. The van der Waals surface area contributed by atoms with Crippen molar-refractivity contribution in [3.05, 3.63) is 53.6 Å². The topological polar surface area (TPSA) is 86.9 Å². The first-order chi connectivity index (χ1) is 18.4. The highest BCUT2D eigenvalue weighted by Gasteiger charge is 2.51. The summed E-state index contributed by atoms with van der Waals surface area (Å²) in [6.45, 7) is 2.23. The van der Waals surface area contributed by atoms with Crippen LogP contribution in [0, 0.1) is 23.7 Å². The predicted molar refractivity (Wildman–Crippen MR) is 149 cm³/mol. The van der Waals surface area contributed by atoms with Gasteiger partial charge in [0.05, 0.1) is 11.0 Å². The lowest BCUT2D eigenvalue weighted by molar-refractivity contribution is -0.0167. The molecule has 3 aromatic rings. The highest BCUT2D eigenvalue weighted by Crippen LogP contribution is 2.55. The Morgan fingerprint density at radius 1 is 0.868 bits per heavy atom. The van der Waals surface area contributed by atoms with Crippen molar-refractivity contribution in [1.29, 1.82) is 0 Å². The van der Waals surface area contributed by atoms with E-state index in [1.807, 2.05) is 42.5 Å².